The second kappa shape index (κ2) is 9.93. The number of nitrogens with zero attached hydrogens (tertiary/aromatic N) is 2. The minimum atomic E-state index is 0.772. The van der Waals surface area contributed by atoms with Crippen LogP contribution in [0.2, 0.25) is 0 Å². The van der Waals surface area contributed by atoms with Crippen LogP contribution in [0.5, 0.6) is 0 Å². The summed E-state index contributed by atoms with van der Waals surface area (Å²) in [5.41, 5.74) is 0. The first-order valence-corrected chi connectivity index (χ1v) is 9.81. The van der Waals surface area contributed by atoms with E-state index < -0.39 is 0 Å². The molecule has 0 unspecified atom stereocenters. The van der Waals surface area contributed by atoms with Crippen molar-refractivity contribution in [2.45, 2.75) is 46.1 Å². The van der Waals surface area contributed by atoms with E-state index >= 15 is 0 Å². The van der Waals surface area contributed by atoms with Crippen molar-refractivity contribution in [1.82, 2.24) is 15.5 Å². The first-order chi connectivity index (χ1) is 11.2. The first kappa shape index (κ1) is 18.3. The Morgan fingerprint density at radius 1 is 1.22 bits per heavy atom. The summed E-state index contributed by atoms with van der Waals surface area (Å²) in [6.07, 6.45) is 5.03. The second-order valence-corrected chi connectivity index (χ2v) is 7.63. The Kier molecular flexibility index (Phi) is 7.89. The maximum absolute atomic E-state index is 4.72. The van der Waals surface area contributed by atoms with Crippen LogP contribution in [0, 0.1) is 5.92 Å². The molecule has 0 aromatic carbocycles. The van der Waals surface area contributed by atoms with Gasteiger partial charge in [0.2, 0.25) is 0 Å². The van der Waals surface area contributed by atoms with Gasteiger partial charge in [-0.1, -0.05) is 6.92 Å². The summed E-state index contributed by atoms with van der Waals surface area (Å²) >= 11 is 1.87. The summed E-state index contributed by atoms with van der Waals surface area (Å²) in [6, 6.07) is 4.42. The third-order valence-electron chi connectivity index (χ3n) is 4.49. The van der Waals surface area contributed by atoms with E-state index in [2.05, 4.69) is 48.6 Å². The van der Waals surface area contributed by atoms with Crippen LogP contribution >= 0.6 is 11.3 Å². The van der Waals surface area contributed by atoms with Crippen LogP contribution < -0.4 is 10.6 Å². The van der Waals surface area contributed by atoms with Crippen LogP contribution in [0.15, 0.2) is 17.1 Å². The lowest BCUT2D eigenvalue weighted by molar-refractivity contribution is 0.213. The van der Waals surface area contributed by atoms with E-state index in [1.165, 1.54) is 42.1 Å². The molecular formula is C18H32N4S. The molecule has 1 saturated heterocycles. The molecule has 1 aliphatic rings. The number of aliphatic imine (C=N–C) groups is 1. The third kappa shape index (κ3) is 6.51. The fourth-order valence-electron chi connectivity index (χ4n) is 2.94. The van der Waals surface area contributed by atoms with Gasteiger partial charge in [-0.3, -0.25) is 0 Å². The Labute approximate surface area is 145 Å². The smallest absolute Gasteiger partial charge is 0.191 e. The molecule has 0 aliphatic carbocycles. The number of likely N-dealkylation sites (tertiary alicyclic amines) is 1. The van der Waals surface area contributed by atoms with Crippen molar-refractivity contribution in [2.24, 2.45) is 10.9 Å². The molecule has 4 nitrogen and oxygen atoms in total. The van der Waals surface area contributed by atoms with E-state index in [0.29, 0.717) is 0 Å². The highest BCUT2D eigenvalue weighted by Gasteiger charge is 2.16. The van der Waals surface area contributed by atoms with Gasteiger partial charge in [0.05, 0.1) is 6.54 Å². The molecule has 0 radical (unpaired) electrons. The lowest BCUT2D eigenvalue weighted by Crippen LogP contribution is -2.39. The molecule has 2 heterocycles. The van der Waals surface area contributed by atoms with E-state index in [4.69, 9.17) is 4.99 Å². The highest BCUT2D eigenvalue weighted by atomic mass is 32.1. The van der Waals surface area contributed by atoms with Crippen molar-refractivity contribution in [1.29, 1.82) is 0 Å². The molecule has 0 amide bonds. The van der Waals surface area contributed by atoms with Crippen molar-refractivity contribution in [3.63, 3.8) is 0 Å². The molecule has 1 aromatic heterocycles. The van der Waals surface area contributed by atoms with E-state index in [1.807, 2.05) is 11.3 Å². The van der Waals surface area contributed by atoms with Gasteiger partial charge < -0.3 is 15.5 Å². The molecule has 0 bridgehead atoms. The minimum absolute atomic E-state index is 0.772. The molecule has 2 N–H and O–H groups in total. The summed E-state index contributed by atoms with van der Waals surface area (Å²) < 4.78 is 0. The monoisotopic (exact) mass is 336 g/mol. The van der Waals surface area contributed by atoms with Crippen LogP contribution in [-0.4, -0.2) is 44.1 Å². The van der Waals surface area contributed by atoms with Crippen molar-refractivity contribution >= 4 is 17.3 Å². The van der Waals surface area contributed by atoms with Gasteiger partial charge in [-0.05, 0) is 70.8 Å². The topological polar surface area (TPSA) is 39.7 Å². The molecule has 5 heteroatoms. The van der Waals surface area contributed by atoms with Crippen molar-refractivity contribution in [2.75, 3.05) is 33.2 Å². The predicted molar refractivity (Wildman–Crippen MR) is 101 cm³/mol. The summed E-state index contributed by atoms with van der Waals surface area (Å²) in [6.45, 7) is 9.51. The average Bonchev–Trinajstić information content (AvgIpc) is 3.02. The molecule has 23 heavy (non-hydrogen) atoms. The van der Waals surface area contributed by atoms with Crippen molar-refractivity contribution in [3.05, 3.63) is 21.9 Å². The number of piperidine rings is 1. The number of aryl methyl sites for hydroxylation is 1. The van der Waals surface area contributed by atoms with E-state index in [1.54, 1.807) is 0 Å². The van der Waals surface area contributed by atoms with Crippen molar-refractivity contribution < 1.29 is 0 Å². The summed E-state index contributed by atoms with van der Waals surface area (Å²) in [7, 11) is 2.22. The molecular weight excluding hydrogens is 304 g/mol. The summed E-state index contributed by atoms with van der Waals surface area (Å²) in [5, 5.41) is 6.85. The lowest BCUT2D eigenvalue weighted by atomic mass is 9.94. The van der Waals surface area contributed by atoms with E-state index in [-0.39, 0.29) is 0 Å². The number of guanidine groups is 1. The van der Waals surface area contributed by atoms with Gasteiger partial charge in [0.25, 0.3) is 0 Å². The first-order valence-electron chi connectivity index (χ1n) is 8.99. The van der Waals surface area contributed by atoms with Gasteiger partial charge in [0.15, 0.2) is 5.96 Å². The highest BCUT2D eigenvalue weighted by Crippen LogP contribution is 2.19. The molecule has 1 aromatic rings. The van der Waals surface area contributed by atoms with Gasteiger partial charge in [0, 0.05) is 22.8 Å². The minimum Gasteiger partial charge on any atom is -0.357 e. The Bertz CT molecular complexity index is 475. The Morgan fingerprint density at radius 2 is 1.96 bits per heavy atom. The van der Waals surface area contributed by atoms with Crippen LogP contribution in [0.4, 0.5) is 0 Å². The van der Waals surface area contributed by atoms with Crippen LogP contribution in [-0.2, 0) is 13.0 Å². The second-order valence-electron chi connectivity index (χ2n) is 6.38. The highest BCUT2D eigenvalue weighted by molar-refractivity contribution is 7.11. The molecule has 1 aliphatic heterocycles. The Balaban J connectivity index is 1.75. The quantitative estimate of drug-likeness (QED) is 0.594. The largest absolute Gasteiger partial charge is 0.357 e. The third-order valence-corrected chi connectivity index (χ3v) is 5.70. The Hall–Kier alpha value is -1.07. The molecule has 1 fully saturated rings. The zero-order valence-corrected chi connectivity index (χ0v) is 15.7. The van der Waals surface area contributed by atoms with Gasteiger partial charge in [-0.25, -0.2) is 4.99 Å². The van der Waals surface area contributed by atoms with E-state index in [0.717, 1.165) is 37.9 Å². The number of hydrogen-bond donors (Lipinski definition) is 2. The van der Waals surface area contributed by atoms with Crippen LogP contribution in [0.1, 0.15) is 42.9 Å². The summed E-state index contributed by atoms with van der Waals surface area (Å²) in [4.78, 5) is 9.94. The fraction of sp³-hybridized carbons (Fsp3) is 0.722. The van der Waals surface area contributed by atoms with Crippen LogP contribution in [0.3, 0.4) is 0 Å². The zero-order valence-electron chi connectivity index (χ0n) is 14.9. The fourth-order valence-corrected chi connectivity index (χ4v) is 3.82. The number of thiophene rings is 1. The van der Waals surface area contributed by atoms with Gasteiger partial charge in [-0.2, -0.15) is 0 Å². The Morgan fingerprint density at radius 3 is 2.61 bits per heavy atom. The number of hydrogen-bond acceptors (Lipinski definition) is 3. The van der Waals surface area contributed by atoms with Gasteiger partial charge in [-0.15, -0.1) is 11.3 Å². The standard InChI is InChI=1S/C18H32N4S/c1-4-16-6-7-17(23-16)14-21-18(19-5-2)20-11-8-15-9-12-22(3)13-10-15/h6-7,15H,4-5,8-14H2,1-3H3,(H2,19,20,21). The van der Waals surface area contributed by atoms with E-state index in [9.17, 15) is 0 Å². The SMILES string of the molecule is CCNC(=NCc1ccc(CC)s1)NCCC1CCN(C)CC1. The molecule has 0 saturated carbocycles. The number of nitrogens with one attached hydrogen (secondary N) is 2. The molecule has 0 spiro atoms. The van der Waals surface area contributed by atoms with Crippen molar-refractivity contribution in [3.8, 4) is 0 Å². The molecule has 2 rings (SSSR count). The van der Waals surface area contributed by atoms with Gasteiger partial charge in [0.1, 0.15) is 0 Å². The van der Waals surface area contributed by atoms with Crippen LogP contribution in [0.25, 0.3) is 0 Å². The summed E-state index contributed by atoms with van der Waals surface area (Å²) in [5.74, 6) is 1.82. The normalized spacial score (nSPS) is 17.4. The average molecular weight is 337 g/mol. The predicted octanol–water partition coefficient (Wildman–Crippen LogP) is 3.10. The lowest BCUT2D eigenvalue weighted by Gasteiger charge is -2.29. The zero-order chi connectivity index (χ0) is 16.5. The maximum atomic E-state index is 4.72. The number of rotatable bonds is 7. The van der Waals surface area contributed by atoms with Gasteiger partial charge >= 0.3 is 0 Å². The molecule has 130 valence electrons. The maximum Gasteiger partial charge on any atom is 0.191 e. The molecule has 0 atom stereocenters.